The van der Waals surface area contributed by atoms with Crippen molar-refractivity contribution in [2.75, 3.05) is 13.2 Å². The molecule has 2 saturated heterocycles. The van der Waals surface area contributed by atoms with Crippen LogP contribution in [-0.4, -0.2) is 137 Å². The monoisotopic (exact) mass is 430 g/mol. The number of rotatable bonds is 7. The van der Waals surface area contributed by atoms with Crippen LogP contribution in [0.15, 0.2) is 0 Å². The molecule has 2 fully saturated rings. The summed E-state index contributed by atoms with van der Waals surface area (Å²) in [4.78, 5) is 11.2. The molecular formula is C15H26O14. The van der Waals surface area contributed by atoms with Crippen molar-refractivity contribution < 1.29 is 70.1 Å². The molecule has 29 heavy (non-hydrogen) atoms. The van der Waals surface area contributed by atoms with Gasteiger partial charge in [0.25, 0.3) is 5.79 Å². The molecule has 2 aliphatic heterocycles. The summed E-state index contributed by atoms with van der Waals surface area (Å²) in [6, 6.07) is 0. The molecule has 11 atom stereocenters. The van der Waals surface area contributed by atoms with Crippen LogP contribution in [0, 0.1) is 0 Å². The average molecular weight is 430 g/mol. The molecule has 0 bridgehead atoms. The molecule has 1 unspecified atom stereocenters. The van der Waals surface area contributed by atoms with Crippen molar-refractivity contribution in [2.45, 2.75) is 73.4 Å². The Hall–Kier alpha value is -1.01. The summed E-state index contributed by atoms with van der Waals surface area (Å²) in [5.74, 6) is -4.78. The molecule has 2 rings (SSSR count). The van der Waals surface area contributed by atoms with Gasteiger partial charge < -0.3 is 65.3 Å². The normalized spacial score (nSPS) is 45.6. The maximum Gasteiger partial charge on any atom is 0.364 e. The van der Waals surface area contributed by atoms with Gasteiger partial charge in [-0.2, -0.15) is 0 Å². The zero-order chi connectivity index (χ0) is 22.1. The highest BCUT2D eigenvalue weighted by Crippen LogP contribution is 2.34. The minimum absolute atomic E-state index is 0.871. The van der Waals surface area contributed by atoms with Gasteiger partial charge in [-0.1, -0.05) is 0 Å². The maximum atomic E-state index is 11.2. The fourth-order valence-corrected chi connectivity index (χ4v) is 3.23. The van der Waals surface area contributed by atoms with Crippen LogP contribution in [0.2, 0.25) is 0 Å². The van der Waals surface area contributed by atoms with E-state index in [1.54, 1.807) is 0 Å². The molecule has 2 heterocycles. The number of aliphatic carboxylic acids is 1. The van der Waals surface area contributed by atoms with Gasteiger partial charge in [-0.05, 0) is 0 Å². The summed E-state index contributed by atoms with van der Waals surface area (Å²) < 4.78 is 15.4. The minimum Gasteiger partial charge on any atom is -0.477 e. The largest absolute Gasteiger partial charge is 0.477 e. The van der Waals surface area contributed by atoms with Gasteiger partial charge in [0.2, 0.25) is 0 Å². The van der Waals surface area contributed by atoms with Crippen molar-refractivity contribution in [1.29, 1.82) is 0 Å². The van der Waals surface area contributed by atoms with Crippen molar-refractivity contribution in [2.24, 2.45) is 0 Å². The lowest BCUT2D eigenvalue weighted by Gasteiger charge is -2.47. The highest BCUT2D eigenvalue weighted by molar-refractivity contribution is 5.75. The number of hydrogen-bond acceptors (Lipinski definition) is 13. The van der Waals surface area contributed by atoms with Gasteiger partial charge in [0.15, 0.2) is 6.29 Å². The fraction of sp³-hybridized carbons (Fsp3) is 0.933. The van der Waals surface area contributed by atoms with Crippen LogP contribution >= 0.6 is 0 Å². The van der Waals surface area contributed by atoms with Gasteiger partial charge in [0.05, 0.1) is 19.3 Å². The van der Waals surface area contributed by atoms with E-state index in [2.05, 4.69) is 0 Å². The minimum atomic E-state index is -2.91. The highest BCUT2D eigenvalue weighted by Gasteiger charge is 2.55. The lowest BCUT2D eigenvalue weighted by Crippen LogP contribution is -2.66. The second kappa shape index (κ2) is 9.42. The molecule has 10 N–H and O–H groups in total. The number of aliphatic hydroxyl groups excluding tert-OH is 8. The van der Waals surface area contributed by atoms with Crippen LogP contribution in [-0.2, 0) is 19.0 Å². The van der Waals surface area contributed by atoms with E-state index in [4.69, 9.17) is 24.4 Å². The first-order valence-corrected chi connectivity index (χ1v) is 8.71. The SMILES string of the molecule is O=C(O)C1(O)C[C@@H](O)[C@@H](O[C@H]2O[C@H]([C@@H](O)CO)[C@@H](O)[C@H](O)[C@@H]2O)[C@@H]([C@H](O)CO)O1. The number of carboxylic acids is 1. The molecule has 2 aliphatic rings. The van der Waals surface area contributed by atoms with Crippen molar-refractivity contribution in [3.63, 3.8) is 0 Å². The standard InChI is InChI=1S/C15H26O14/c16-2-5(19)10-8(22)7(21)9(23)13(27-10)28-11-4(18)1-15(26,14(24)25)29-12(11)6(20)3-17/h4-13,16-23,26H,1-3H2,(H,24,25)/t4-,5+,6-,7+,8+,9+,10-,11-,12-,13-,15?/m1/s1. The molecule has 0 radical (unpaired) electrons. The Morgan fingerprint density at radius 3 is 2.07 bits per heavy atom. The Bertz CT molecular complexity index is 561. The molecule has 14 heteroatoms. The lowest BCUT2D eigenvalue weighted by atomic mass is 9.91. The van der Waals surface area contributed by atoms with Crippen LogP contribution in [0.3, 0.4) is 0 Å². The van der Waals surface area contributed by atoms with Crippen LogP contribution in [0.5, 0.6) is 0 Å². The molecule has 0 spiro atoms. The van der Waals surface area contributed by atoms with E-state index in [-0.39, 0.29) is 0 Å². The van der Waals surface area contributed by atoms with E-state index in [0.717, 1.165) is 0 Å². The smallest absolute Gasteiger partial charge is 0.364 e. The topological polar surface area (TPSA) is 247 Å². The van der Waals surface area contributed by atoms with Gasteiger partial charge in [0, 0.05) is 6.42 Å². The third-order valence-electron chi connectivity index (χ3n) is 4.88. The van der Waals surface area contributed by atoms with Crippen molar-refractivity contribution in [3.05, 3.63) is 0 Å². The van der Waals surface area contributed by atoms with Crippen LogP contribution < -0.4 is 0 Å². The molecule has 0 aromatic rings. The van der Waals surface area contributed by atoms with E-state index in [9.17, 15) is 45.6 Å². The highest BCUT2D eigenvalue weighted by atomic mass is 16.7. The Morgan fingerprint density at radius 2 is 1.55 bits per heavy atom. The molecule has 0 amide bonds. The predicted molar refractivity (Wildman–Crippen MR) is 85.8 cm³/mol. The van der Waals surface area contributed by atoms with Crippen molar-refractivity contribution >= 4 is 5.97 Å². The van der Waals surface area contributed by atoms with Gasteiger partial charge >= 0.3 is 5.97 Å². The predicted octanol–water partition coefficient (Wildman–Crippen LogP) is -6.19. The third kappa shape index (κ3) is 4.84. The first-order valence-electron chi connectivity index (χ1n) is 8.71. The number of hydrogen-bond donors (Lipinski definition) is 10. The second-order valence-corrected chi connectivity index (χ2v) is 6.98. The second-order valence-electron chi connectivity index (χ2n) is 6.98. The summed E-state index contributed by atoms with van der Waals surface area (Å²) in [6.07, 6.45) is -18.8. The van der Waals surface area contributed by atoms with Crippen molar-refractivity contribution in [3.8, 4) is 0 Å². The van der Waals surface area contributed by atoms with E-state index >= 15 is 0 Å². The van der Waals surface area contributed by atoms with Gasteiger partial charge in [-0.15, -0.1) is 0 Å². The van der Waals surface area contributed by atoms with E-state index in [0.29, 0.717) is 0 Å². The van der Waals surface area contributed by atoms with E-state index < -0.39 is 92.6 Å². The zero-order valence-electron chi connectivity index (χ0n) is 15.0. The van der Waals surface area contributed by atoms with Crippen LogP contribution in [0.1, 0.15) is 6.42 Å². The maximum absolute atomic E-state index is 11.2. The summed E-state index contributed by atoms with van der Waals surface area (Å²) in [5, 5.41) is 97.1. The molecule has 0 aromatic carbocycles. The molecule has 0 saturated carbocycles. The molecule has 0 aromatic heterocycles. The summed E-state index contributed by atoms with van der Waals surface area (Å²) in [5.41, 5.74) is 0. The fourth-order valence-electron chi connectivity index (χ4n) is 3.23. The lowest BCUT2D eigenvalue weighted by molar-refractivity contribution is -0.364. The summed E-state index contributed by atoms with van der Waals surface area (Å²) in [6.45, 7) is -1.85. The van der Waals surface area contributed by atoms with Gasteiger partial charge in [-0.3, -0.25) is 0 Å². The molecular weight excluding hydrogens is 404 g/mol. The molecule has 170 valence electrons. The third-order valence-corrected chi connectivity index (χ3v) is 4.88. The van der Waals surface area contributed by atoms with E-state index in [1.165, 1.54) is 0 Å². The van der Waals surface area contributed by atoms with Gasteiger partial charge in [-0.25, -0.2) is 4.79 Å². The zero-order valence-corrected chi connectivity index (χ0v) is 15.0. The van der Waals surface area contributed by atoms with Crippen LogP contribution in [0.4, 0.5) is 0 Å². The number of ether oxygens (including phenoxy) is 3. The number of carbonyl (C=O) groups is 1. The average Bonchev–Trinajstić information content (AvgIpc) is 2.68. The first kappa shape index (κ1) is 24.3. The quantitative estimate of drug-likeness (QED) is 0.180. The first-order chi connectivity index (χ1) is 13.5. The summed E-state index contributed by atoms with van der Waals surface area (Å²) in [7, 11) is 0. The van der Waals surface area contributed by atoms with E-state index in [1.807, 2.05) is 0 Å². The summed E-state index contributed by atoms with van der Waals surface area (Å²) >= 11 is 0. The molecule has 0 aliphatic carbocycles. The Morgan fingerprint density at radius 1 is 1.00 bits per heavy atom. The number of carboxylic acid groups (broad SMARTS) is 1. The Balaban J connectivity index is 2.25. The van der Waals surface area contributed by atoms with Crippen LogP contribution in [0.25, 0.3) is 0 Å². The Kier molecular flexibility index (Phi) is 7.88. The van der Waals surface area contributed by atoms with Crippen molar-refractivity contribution in [1.82, 2.24) is 0 Å². The van der Waals surface area contributed by atoms with Gasteiger partial charge in [0.1, 0.15) is 48.8 Å². The Labute approximate surface area is 163 Å². The number of aliphatic hydroxyl groups is 9. The molecule has 14 nitrogen and oxygen atoms in total.